The van der Waals surface area contributed by atoms with Crippen LogP contribution in [-0.2, 0) is 11.2 Å². The summed E-state index contributed by atoms with van der Waals surface area (Å²) in [5, 5.41) is 14.4. The molecule has 2 aromatic carbocycles. The molecule has 0 amide bonds. The molecule has 0 bridgehead atoms. The maximum atomic E-state index is 11.6. The molecule has 4 rings (SSSR count). The minimum atomic E-state index is -0.849. The lowest BCUT2D eigenvalue weighted by Crippen LogP contribution is -2.45. The third-order valence-corrected chi connectivity index (χ3v) is 4.77. The zero-order valence-electron chi connectivity index (χ0n) is 12.2. The quantitative estimate of drug-likeness (QED) is 0.675. The van der Waals surface area contributed by atoms with Gasteiger partial charge in [-0.3, -0.25) is 10.1 Å². The molecule has 4 nitrogen and oxygen atoms in total. The Hall–Kier alpha value is -2.30. The van der Waals surface area contributed by atoms with Gasteiger partial charge in [0.15, 0.2) is 0 Å². The minimum absolute atomic E-state index is 0.263. The number of aliphatic carboxylic acids is 1. The van der Waals surface area contributed by atoms with Crippen molar-refractivity contribution in [2.24, 2.45) is 0 Å². The highest BCUT2D eigenvalue weighted by atomic mass is 35.5. The minimum Gasteiger partial charge on any atom is -0.480 e. The zero-order valence-corrected chi connectivity index (χ0v) is 13.0. The van der Waals surface area contributed by atoms with Gasteiger partial charge in [0.2, 0.25) is 0 Å². The number of rotatable bonds is 2. The number of halogens is 1. The second kappa shape index (κ2) is 5.41. The molecule has 1 aliphatic heterocycles. The highest BCUT2D eigenvalue weighted by Gasteiger charge is 2.34. The average molecular weight is 327 g/mol. The number of H-pyrrole nitrogens is 1. The van der Waals surface area contributed by atoms with E-state index in [1.807, 2.05) is 48.5 Å². The maximum absolute atomic E-state index is 11.6. The third kappa shape index (κ3) is 2.31. The van der Waals surface area contributed by atoms with E-state index in [-0.39, 0.29) is 6.04 Å². The van der Waals surface area contributed by atoms with Gasteiger partial charge in [-0.05, 0) is 23.3 Å². The largest absolute Gasteiger partial charge is 0.480 e. The summed E-state index contributed by atoms with van der Waals surface area (Å²) in [4.78, 5) is 15.0. The van der Waals surface area contributed by atoms with Crippen molar-refractivity contribution >= 4 is 28.5 Å². The van der Waals surface area contributed by atoms with E-state index in [1.54, 1.807) is 0 Å². The highest BCUT2D eigenvalue weighted by molar-refractivity contribution is 6.31. The molecule has 0 radical (unpaired) electrons. The number of para-hydroxylation sites is 1. The fourth-order valence-corrected chi connectivity index (χ4v) is 3.59. The summed E-state index contributed by atoms with van der Waals surface area (Å²) in [6.07, 6.45) is 0.454. The number of hydrogen-bond acceptors (Lipinski definition) is 2. The van der Waals surface area contributed by atoms with Crippen LogP contribution in [0.1, 0.15) is 22.9 Å². The number of aromatic amines is 1. The van der Waals surface area contributed by atoms with Gasteiger partial charge in [-0.15, -0.1) is 0 Å². The van der Waals surface area contributed by atoms with Crippen LogP contribution in [0.15, 0.2) is 48.5 Å². The predicted molar refractivity (Wildman–Crippen MR) is 89.9 cm³/mol. The molecule has 5 heteroatoms. The predicted octanol–water partition coefficient (Wildman–Crippen LogP) is 3.51. The number of benzene rings is 2. The molecule has 0 saturated heterocycles. The van der Waals surface area contributed by atoms with Crippen molar-refractivity contribution in [1.29, 1.82) is 0 Å². The van der Waals surface area contributed by atoms with Gasteiger partial charge in [-0.1, -0.05) is 48.0 Å². The average Bonchev–Trinajstić information content (AvgIpc) is 2.93. The highest BCUT2D eigenvalue weighted by Crippen LogP contribution is 2.37. The molecule has 1 aromatic heterocycles. The Morgan fingerprint density at radius 1 is 1.13 bits per heavy atom. The lowest BCUT2D eigenvalue weighted by atomic mass is 9.90. The second-order valence-corrected chi connectivity index (χ2v) is 6.19. The van der Waals surface area contributed by atoms with Gasteiger partial charge in [0, 0.05) is 28.0 Å². The molecular formula is C18H15ClN2O2. The van der Waals surface area contributed by atoms with Crippen LogP contribution in [0.3, 0.4) is 0 Å². The third-order valence-electron chi connectivity index (χ3n) is 4.43. The molecule has 116 valence electrons. The van der Waals surface area contributed by atoms with Crippen LogP contribution in [0.5, 0.6) is 0 Å². The molecule has 0 unspecified atom stereocenters. The molecule has 23 heavy (non-hydrogen) atoms. The molecule has 0 fully saturated rings. The van der Waals surface area contributed by atoms with Crippen LogP contribution in [0.25, 0.3) is 10.9 Å². The Bertz CT molecular complexity index is 903. The summed E-state index contributed by atoms with van der Waals surface area (Å²) in [6.45, 7) is 0. The summed E-state index contributed by atoms with van der Waals surface area (Å²) in [7, 11) is 0. The second-order valence-electron chi connectivity index (χ2n) is 5.78. The van der Waals surface area contributed by atoms with Gasteiger partial charge in [-0.25, -0.2) is 0 Å². The van der Waals surface area contributed by atoms with Crippen molar-refractivity contribution in [1.82, 2.24) is 10.3 Å². The normalized spacial score (nSPS) is 20.4. The Balaban J connectivity index is 1.93. The zero-order chi connectivity index (χ0) is 16.0. The summed E-state index contributed by atoms with van der Waals surface area (Å²) in [6, 6.07) is 14.6. The van der Waals surface area contributed by atoms with Crippen LogP contribution in [0, 0.1) is 0 Å². The maximum Gasteiger partial charge on any atom is 0.321 e. The van der Waals surface area contributed by atoms with Crippen LogP contribution in [-0.4, -0.2) is 22.1 Å². The number of carboxylic acid groups (broad SMARTS) is 1. The van der Waals surface area contributed by atoms with E-state index in [4.69, 9.17) is 11.6 Å². The van der Waals surface area contributed by atoms with E-state index in [9.17, 15) is 9.90 Å². The van der Waals surface area contributed by atoms with E-state index in [2.05, 4.69) is 10.3 Å². The number of aromatic nitrogens is 1. The lowest BCUT2D eigenvalue weighted by molar-refractivity contribution is -0.139. The monoisotopic (exact) mass is 326 g/mol. The molecule has 2 heterocycles. The molecule has 1 aliphatic rings. The lowest BCUT2D eigenvalue weighted by Gasteiger charge is -2.30. The number of fused-ring (bicyclic) bond motifs is 3. The first-order valence-electron chi connectivity index (χ1n) is 7.48. The van der Waals surface area contributed by atoms with Crippen molar-refractivity contribution in [3.8, 4) is 0 Å². The summed E-state index contributed by atoms with van der Waals surface area (Å²) < 4.78 is 0. The smallest absolute Gasteiger partial charge is 0.321 e. The van der Waals surface area contributed by atoms with E-state index in [0.717, 1.165) is 27.7 Å². The molecule has 0 aliphatic carbocycles. The van der Waals surface area contributed by atoms with Gasteiger partial charge < -0.3 is 10.1 Å². The number of nitrogens with one attached hydrogen (secondary N) is 2. The van der Waals surface area contributed by atoms with Crippen LogP contribution >= 0.6 is 11.6 Å². The SMILES string of the molecule is O=C(O)[C@H]1Cc2c([nH]c3ccccc23)[C@@H](c2ccccc2Cl)N1. The molecule has 3 aromatic rings. The Kier molecular flexibility index (Phi) is 3.36. The fourth-order valence-electron chi connectivity index (χ4n) is 3.35. The first-order valence-corrected chi connectivity index (χ1v) is 7.85. The van der Waals surface area contributed by atoms with Gasteiger partial charge in [-0.2, -0.15) is 0 Å². The standard InChI is InChI=1S/C18H15ClN2O2/c19-13-7-3-1-6-11(13)16-17-12(9-15(21-16)18(22)23)10-5-2-4-8-14(10)20-17/h1-8,15-16,20-21H,9H2,(H,22,23)/t15-,16-/m1/s1. The Morgan fingerprint density at radius 2 is 1.87 bits per heavy atom. The van der Waals surface area contributed by atoms with Crippen molar-refractivity contribution in [3.05, 3.63) is 70.4 Å². The number of carbonyl (C=O) groups is 1. The van der Waals surface area contributed by atoms with E-state index in [1.165, 1.54) is 0 Å². The Morgan fingerprint density at radius 3 is 2.65 bits per heavy atom. The fraction of sp³-hybridized carbons (Fsp3) is 0.167. The van der Waals surface area contributed by atoms with Gasteiger partial charge >= 0.3 is 5.97 Å². The summed E-state index contributed by atoms with van der Waals surface area (Å²) in [5.74, 6) is -0.849. The van der Waals surface area contributed by atoms with Crippen LogP contribution in [0.2, 0.25) is 5.02 Å². The number of hydrogen-bond donors (Lipinski definition) is 3. The summed E-state index contributed by atoms with van der Waals surface area (Å²) >= 11 is 6.35. The van der Waals surface area contributed by atoms with Crippen molar-refractivity contribution < 1.29 is 9.90 Å². The molecule has 0 spiro atoms. The topological polar surface area (TPSA) is 65.1 Å². The van der Waals surface area contributed by atoms with Crippen molar-refractivity contribution in [3.63, 3.8) is 0 Å². The van der Waals surface area contributed by atoms with Crippen molar-refractivity contribution in [2.45, 2.75) is 18.5 Å². The van der Waals surface area contributed by atoms with Gasteiger partial charge in [0.25, 0.3) is 0 Å². The van der Waals surface area contributed by atoms with E-state index in [0.29, 0.717) is 11.4 Å². The van der Waals surface area contributed by atoms with E-state index < -0.39 is 12.0 Å². The van der Waals surface area contributed by atoms with Crippen LogP contribution < -0.4 is 5.32 Å². The Labute approximate surface area is 138 Å². The van der Waals surface area contributed by atoms with Gasteiger partial charge in [0.1, 0.15) is 6.04 Å². The van der Waals surface area contributed by atoms with Crippen molar-refractivity contribution in [2.75, 3.05) is 0 Å². The van der Waals surface area contributed by atoms with Gasteiger partial charge in [0.05, 0.1) is 6.04 Å². The molecule has 3 N–H and O–H groups in total. The number of carboxylic acids is 1. The first kappa shape index (κ1) is 14.3. The first-order chi connectivity index (χ1) is 11.1. The van der Waals surface area contributed by atoms with Crippen LogP contribution in [0.4, 0.5) is 0 Å². The van der Waals surface area contributed by atoms with E-state index >= 15 is 0 Å². The molecular weight excluding hydrogens is 312 g/mol. The summed E-state index contributed by atoms with van der Waals surface area (Å²) in [5.41, 5.74) is 3.95. The molecule has 2 atom stereocenters. The molecule has 0 saturated carbocycles.